The molecule has 114 valence electrons. The molecule has 0 aliphatic heterocycles. The molecular weight excluding hydrogens is 276 g/mol. The molecule has 0 saturated carbocycles. The van der Waals surface area contributed by atoms with E-state index in [0.717, 1.165) is 16.7 Å². The van der Waals surface area contributed by atoms with Crippen LogP contribution in [0.2, 0.25) is 0 Å². The lowest BCUT2D eigenvalue weighted by Crippen LogP contribution is -2.51. The molecule has 4 heteroatoms. The van der Waals surface area contributed by atoms with Gasteiger partial charge in [0.1, 0.15) is 5.54 Å². The molecule has 2 aromatic rings. The molecule has 0 saturated heterocycles. The van der Waals surface area contributed by atoms with Gasteiger partial charge in [-0.15, -0.1) is 0 Å². The third-order valence-electron chi connectivity index (χ3n) is 4.34. The van der Waals surface area contributed by atoms with E-state index < -0.39 is 17.7 Å². The summed E-state index contributed by atoms with van der Waals surface area (Å²) in [5.41, 5.74) is 7.87. The Morgan fingerprint density at radius 1 is 1.18 bits per heavy atom. The SMILES string of the molecule is CC(N)(C(=O)N[C@H]1c2ccccc2C[C@H]1O)c1ccccc1. The van der Waals surface area contributed by atoms with E-state index >= 15 is 0 Å². The molecule has 4 N–H and O–H groups in total. The fraction of sp³-hybridized carbons (Fsp3) is 0.278. The predicted molar refractivity (Wildman–Crippen MR) is 85.0 cm³/mol. The highest BCUT2D eigenvalue weighted by Crippen LogP contribution is 2.32. The van der Waals surface area contributed by atoms with Crippen LogP contribution in [-0.4, -0.2) is 17.1 Å². The van der Waals surface area contributed by atoms with Crippen LogP contribution in [0.5, 0.6) is 0 Å². The molecule has 0 bridgehead atoms. The van der Waals surface area contributed by atoms with Gasteiger partial charge < -0.3 is 16.2 Å². The van der Waals surface area contributed by atoms with Crippen LogP contribution in [-0.2, 0) is 16.8 Å². The second-order valence-corrected chi connectivity index (χ2v) is 5.99. The highest BCUT2D eigenvalue weighted by Gasteiger charge is 2.37. The first-order valence-corrected chi connectivity index (χ1v) is 7.41. The number of rotatable bonds is 3. The highest BCUT2D eigenvalue weighted by molar-refractivity contribution is 5.87. The van der Waals surface area contributed by atoms with E-state index in [9.17, 15) is 9.90 Å². The molecule has 0 spiro atoms. The summed E-state index contributed by atoms with van der Waals surface area (Å²) < 4.78 is 0. The predicted octanol–water partition coefficient (Wildman–Crippen LogP) is 1.63. The molecule has 2 aromatic carbocycles. The van der Waals surface area contributed by atoms with Gasteiger partial charge in [0.05, 0.1) is 12.1 Å². The van der Waals surface area contributed by atoms with Crippen molar-refractivity contribution in [3.05, 3.63) is 71.3 Å². The summed E-state index contributed by atoms with van der Waals surface area (Å²) >= 11 is 0. The first kappa shape index (κ1) is 14.8. The van der Waals surface area contributed by atoms with Crippen molar-refractivity contribution in [1.82, 2.24) is 5.32 Å². The Balaban J connectivity index is 1.83. The summed E-state index contributed by atoms with van der Waals surface area (Å²) in [6.07, 6.45) is -0.0683. The number of hydrogen-bond donors (Lipinski definition) is 3. The Kier molecular flexibility index (Phi) is 3.72. The monoisotopic (exact) mass is 296 g/mol. The first-order valence-electron chi connectivity index (χ1n) is 7.41. The van der Waals surface area contributed by atoms with Crippen molar-refractivity contribution in [2.24, 2.45) is 5.73 Å². The summed E-state index contributed by atoms with van der Waals surface area (Å²) in [4.78, 5) is 12.6. The summed E-state index contributed by atoms with van der Waals surface area (Å²) in [6.45, 7) is 1.69. The number of carbonyl (C=O) groups is 1. The zero-order valence-corrected chi connectivity index (χ0v) is 12.5. The molecule has 0 radical (unpaired) electrons. The number of aliphatic hydroxyl groups excluding tert-OH is 1. The number of hydrogen-bond acceptors (Lipinski definition) is 3. The number of aliphatic hydroxyl groups is 1. The van der Waals surface area contributed by atoms with E-state index in [4.69, 9.17) is 5.73 Å². The lowest BCUT2D eigenvalue weighted by Gasteiger charge is -2.27. The minimum Gasteiger partial charge on any atom is -0.390 e. The summed E-state index contributed by atoms with van der Waals surface area (Å²) in [6, 6.07) is 16.6. The molecule has 0 heterocycles. The van der Waals surface area contributed by atoms with Crippen molar-refractivity contribution < 1.29 is 9.90 Å². The van der Waals surface area contributed by atoms with Crippen LogP contribution in [0, 0.1) is 0 Å². The van der Waals surface area contributed by atoms with Crippen LogP contribution in [0.4, 0.5) is 0 Å². The average Bonchev–Trinajstić information content (AvgIpc) is 2.84. The maximum atomic E-state index is 12.6. The van der Waals surface area contributed by atoms with Crippen LogP contribution >= 0.6 is 0 Å². The molecule has 1 amide bonds. The van der Waals surface area contributed by atoms with Gasteiger partial charge >= 0.3 is 0 Å². The molecule has 4 nitrogen and oxygen atoms in total. The number of fused-ring (bicyclic) bond motifs is 1. The number of amides is 1. The number of carbonyl (C=O) groups excluding carboxylic acids is 1. The Labute approximate surface area is 130 Å². The quantitative estimate of drug-likeness (QED) is 0.806. The van der Waals surface area contributed by atoms with Crippen LogP contribution < -0.4 is 11.1 Å². The van der Waals surface area contributed by atoms with E-state index in [1.807, 2.05) is 54.6 Å². The van der Waals surface area contributed by atoms with Crippen molar-refractivity contribution in [1.29, 1.82) is 0 Å². The maximum absolute atomic E-state index is 12.6. The maximum Gasteiger partial charge on any atom is 0.244 e. The second kappa shape index (κ2) is 5.55. The Bertz CT molecular complexity index is 682. The van der Waals surface area contributed by atoms with Crippen molar-refractivity contribution in [3.8, 4) is 0 Å². The van der Waals surface area contributed by atoms with E-state index in [1.165, 1.54) is 0 Å². The number of nitrogens with one attached hydrogen (secondary N) is 1. The number of nitrogens with two attached hydrogens (primary N) is 1. The van der Waals surface area contributed by atoms with Gasteiger partial charge in [0.25, 0.3) is 0 Å². The van der Waals surface area contributed by atoms with Gasteiger partial charge in [-0.3, -0.25) is 4.79 Å². The van der Waals surface area contributed by atoms with Crippen LogP contribution in [0.15, 0.2) is 54.6 Å². The minimum atomic E-state index is -1.14. The van der Waals surface area contributed by atoms with E-state index in [0.29, 0.717) is 6.42 Å². The Morgan fingerprint density at radius 2 is 1.82 bits per heavy atom. The molecule has 0 fully saturated rings. The summed E-state index contributed by atoms with van der Waals surface area (Å²) in [7, 11) is 0. The van der Waals surface area contributed by atoms with Crippen molar-refractivity contribution in [2.75, 3.05) is 0 Å². The zero-order chi connectivity index (χ0) is 15.7. The molecule has 3 atom stereocenters. The number of benzene rings is 2. The summed E-state index contributed by atoms with van der Waals surface area (Å²) in [5, 5.41) is 13.1. The van der Waals surface area contributed by atoms with Gasteiger partial charge in [-0.25, -0.2) is 0 Å². The topological polar surface area (TPSA) is 75.4 Å². The molecule has 1 aliphatic rings. The van der Waals surface area contributed by atoms with E-state index in [2.05, 4.69) is 5.32 Å². The molecule has 0 aromatic heterocycles. The van der Waals surface area contributed by atoms with E-state index in [1.54, 1.807) is 6.92 Å². The van der Waals surface area contributed by atoms with Gasteiger partial charge in [-0.05, 0) is 23.6 Å². The van der Waals surface area contributed by atoms with E-state index in [-0.39, 0.29) is 5.91 Å². The molecular formula is C18H20N2O2. The molecule has 1 aliphatic carbocycles. The van der Waals surface area contributed by atoms with Crippen LogP contribution in [0.25, 0.3) is 0 Å². The average molecular weight is 296 g/mol. The van der Waals surface area contributed by atoms with Crippen LogP contribution in [0.3, 0.4) is 0 Å². The lowest BCUT2D eigenvalue weighted by molar-refractivity contribution is -0.127. The largest absolute Gasteiger partial charge is 0.390 e. The third-order valence-corrected chi connectivity index (χ3v) is 4.34. The normalized spacial score (nSPS) is 22.7. The van der Waals surface area contributed by atoms with Gasteiger partial charge in [0.2, 0.25) is 5.91 Å². The second-order valence-electron chi connectivity index (χ2n) is 5.99. The van der Waals surface area contributed by atoms with Gasteiger partial charge in [0, 0.05) is 6.42 Å². The lowest BCUT2D eigenvalue weighted by atomic mass is 9.91. The Morgan fingerprint density at radius 3 is 2.55 bits per heavy atom. The minimum absolute atomic E-state index is 0.292. The van der Waals surface area contributed by atoms with Gasteiger partial charge in [0.15, 0.2) is 0 Å². The highest BCUT2D eigenvalue weighted by atomic mass is 16.3. The molecule has 3 rings (SSSR count). The van der Waals surface area contributed by atoms with Crippen molar-refractivity contribution in [2.45, 2.75) is 31.0 Å². The molecule has 1 unspecified atom stereocenters. The van der Waals surface area contributed by atoms with Crippen molar-refractivity contribution in [3.63, 3.8) is 0 Å². The third kappa shape index (κ3) is 2.51. The molecule has 22 heavy (non-hydrogen) atoms. The first-order chi connectivity index (χ1) is 10.5. The summed E-state index contributed by atoms with van der Waals surface area (Å²) in [5.74, 6) is -0.292. The Hall–Kier alpha value is -2.17. The fourth-order valence-corrected chi connectivity index (χ4v) is 2.95. The standard InChI is InChI=1S/C18H20N2O2/c1-18(19,13-8-3-2-4-9-13)17(22)20-16-14-10-6-5-7-12(14)11-15(16)21/h2-10,15-16,21H,11,19H2,1H3,(H,20,22)/t15-,16+,18?/m1/s1. The zero-order valence-electron chi connectivity index (χ0n) is 12.5. The van der Waals surface area contributed by atoms with Gasteiger partial charge in [-0.1, -0.05) is 54.6 Å². The van der Waals surface area contributed by atoms with Gasteiger partial charge in [-0.2, -0.15) is 0 Å². The van der Waals surface area contributed by atoms with Crippen LogP contribution in [0.1, 0.15) is 29.7 Å². The fourth-order valence-electron chi connectivity index (χ4n) is 2.95. The van der Waals surface area contributed by atoms with Crippen molar-refractivity contribution >= 4 is 5.91 Å². The smallest absolute Gasteiger partial charge is 0.244 e.